The summed E-state index contributed by atoms with van der Waals surface area (Å²) in [6.07, 6.45) is 0. The molecule has 0 radical (unpaired) electrons. The second-order valence-corrected chi connectivity index (χ2v) is 6.52. The molecule has 2 aliphatic rings. The van der Waals surface area contributed by atoms with Gasteiger partial charge < -0.3 is 10.2 Å². The van der Waals surface area contributed by atoms with Crippen LogP contribution in [0.2, 0.25) is 0 Å². The summed E-state index contributed by atoms with van der Waals surface area (Å²) in [6.45, 7) is 6.43. The highest BCUT2D eigenvalue weighted by Crippen LogP contribution is 2.34. The third-order valence-corrected chi connectivity index (χ3v) is 5.05. The molecule has 1 atom stereocenters. The minimum atomic E-state index is 0. The number of hydrogen-bond donors (Lipinski definition) is 1. The van der Waals surface area contributed by atoms with Gasteiger partial charge in [0.05, 0.1) is 12.2 Å². The number of carbonyl (C=O) groups excluding carboxylic acids is 1. The van der Waals surface area contributed by atoms with Crippen LogP contribution < -0.4 is 10.2 Å². The monoisotopic (exact) mass is 327 g/mol. The van der Waals surface area contributed by atoms with Crippen LogP contribution in [-0.2, 0) is 4.79 Å². The van der Waals surface area contributed by atoms with Crippen LogP contribution in [0.25, 0.3) is 0 Å². The molecule has 0 unspecified atom stereocenters. The third-order valence-electron chi connectivity index (χ3n) is 4.01. The van der Waals surface area contributed by atoms with Gasteiger partial charge in [-0.15, -0.1) is 24.2 Å². The van der Waals surface area contributed by atoms with Gasteiger partial charge in [0.1, 0.15) is 0 Å². The van der Waals surface area contributed by atoms with Crippen LogP contribution in [0, 0.1) is 0 Å². The number of thioether (sulfide) groups is 1. The van der Waals surface area contributed by atoms with Crippen molar-refractivity contribution in [3.63, 3.8) is 0 Å². The van der Waals surface area contributed by atoms with Crippen molar-refractivity contribution in [2.24, 2.45) is 0 Å². The van der Waals surface area contributed by atoms with Crippen LogP contribution in [0.5, 0.6) is 0 Å². The SMILES string of the molecule is C[C@H]1CNCCN1CC(=O)N1CCSc2ccccc21.Cl. The fraction of sp³-hybridized carbons (Fsp3) is 0.533. The smallest absolute Gasteiger partial charge is 0.241 e. The first-order valence-corrected chi connectivity index (χ1v) is 8.21. The van der Waals surface area contributed by atoms with E-state index in [2.05, 4.69) is 29.3 Å². The van der Waals surface area contributed by atoms with Gasteiger partial charge in [-0.3, -0.25) is 9.69 Å². The largest absolute Gasteiger partial charge is 0.314 e. The van der Waals surface area contributed by atoms with Gasteiger partial charge >= 0.3 is 0 Å². The van der Waals surface area contributed by atoms with E-state index in [4.69, 9.17) is 0 Å². The summed E-state index contributed by atoms with van der Waals surface area (Å²) >= 11 is 1.84. The second kappa shape index (κ2) is 7.49. The van der Waals surface area contributed by atoms with E-state index in [1.807, 2.05) is 28.8 Å². The minimum Gasteiger partial charge on any atom is -0.314 e. The van der Waals surface area contributed by atoms with Gasteiger partial charge in [0.25, 0.3) is 0 Å². The number of hydrogen-bond acceptors (Lipinski definition) is 4. The van der Waals surface area contributed by atoms with Crippen LogP contribution in [0.15, 0.2) is 29.2 Å². The van der Waals surface area contributed by atoms with E-state index in [1.54, 1.807) is 0 Å². The van der Waals surface area contributed by atoms with E-state index < -0.39 is 0 Å². The summed E-state index contributed by atoms with van der Waals surface area (Å²) in [5.41, 5.74) is 1.08. The van der Waals surface area contributed by atoms with Gasteiger partial charge in [-0.1, -0.05) is 12.1 Å². The molecule has 0 saturated carbocycles. The number of carbonyl (C=O) groups is 1. The van der Waals surface area contributed by atoms with Crippen molar-refractivity contribution in [2.75, 3.05) is 43.4 Å². The number of para-hydroxylation sites is 1. The predicted octanol–water partition coefficient (Wildman–Crippen LogP) is 1.84. The molecule has 1 amide bonds. The Kier molecular flexibility index (Phi) is 5.93. The molecule has 21 heavy (non-hydrogen) atoms. The third kappa shape index (κ3) is 3.72. The number of amides is 1. The molecule has 6 heteroatoms. The number of rotatable bonds is 2. The van der Waals surface area contributed by atoms with Crippen LogP contribution in [0.3, 0.4) is 0 Å². The van der Waals surface area contributed by atoms with E-state index in [0.717, 1.165) is 37.6 Å². The average Bonchev–Trinajstić information content (AvgIpc) is 2.49. The number of nitrogens with zero attached hydrogens (tertiary/aromatic N) is 2. The molecule has 1 aromatic carbocycles. The van der Waals surface area contributed by atoms with Crippen LogP contribution >= 0.6 is 24.2 Å². The summed E-state index contributed by atoms with van der Waals surface area (Å²) < 4.78 is 0. The highest BCUT2D eigenvalue weighted by Gasteiger charge is 2.26. The number of nitrogens with one attached hydrogen (secondary N) is 1. The Morgan fingerprint density at radius 1 is 1.38 bits per heavy atom. The highest BCUT2D eigenvalue weighted by atomic mass is 35.5. The van der Waals surface area contributed by atoms with Crippen molar-refractivity contribution in [2.45, 2.75) is 17.9 Å². The number of benzene rings is 1. The first kappa shape index (κ1) is 16.6. The lowest BCUT2D eigenvalue weighted by atomic mass is 10.2. The van der Waals surface area contributed by atoms with Crippen molar-refractivity contribution >= 4 is 35.8 Å². The molecule has 1 aromatic rings. The molecule has 1 N–H and O–H groups in total. The van der Waals surface area contributed by atoms with Gasteiger partial charge in [-0.2, -0.15) is 0 Å². The molecule has 2 aliphatic heterocycles. The lowest BCUT2D eigenvalue weighted by molar-refractivity contribution is -0.120. The van der Waals surface area contributed by atoms with Crippen molar-refractivity contribution in [1.82, 2.24) is 10.2 Å². The lowest BCUT2D eigenvalue weighted by Gasteiger charge is -2.36. The van der Waals surface area contributed by atoms with Crippen LogP contribution in [0.4, 0.5) is 5.69 Å². The lowest BCUT2D eigenvalue weighted by Crippen LogP contribution is -2.53. The molecule has 0 aliphatic carbocycles. The maximum Gasteiger partial charge on any atom is 0.241 e. The normalized spacial score (nSPS) is 22.3. The standard InChI is InChI=1S/C15H21N3OS.ClH/c1-12-10-16-6-7-17(12)11-15(19)18-8-9-20-14-5-3-2-4-13(14)18;/h2-5,12,16H,6-11H2,1H3;1H/t12-;/m0./s1. The van der Waals surface area contributed by atoms with Crippen molar-refractivity contribution in [1.29, 1.82) is 0 Å². The summed E-state index contributed by atoms with van der Waals surface area (Å²) in [6, 6.07) is 8.64. The molecule has 0 aromatic heterocycles. The zero-order valence-electron chi connectivity index (χ0n) is 12.2. The Bertz CT molecular complexity index is 500. The van der Waals surface area contributed by atoms with Crippen molar-refractivity contribution < 1.29 is 4.79 Å². The quantitative estimate of drug-likeness (QED) is 0.899. The first-order valence-electron chi connectivity index (χ1n) is 7.22. The fourth-order valence-corrected chi connectivity index (χ4v) is 3.80. The maximum absolute atomic E-state index is 12.6. The number of piperazine rings is 1. The zero-order valence-corrected chi connectivity index (χ0v) is 13.9. The number of halogens is 1. The van der Waals surface area contributed by atoms with E-state index in [1.165, 1.54) is 4.90 Å². The van der Waals surface area contributed by atoms with E-state index >= 15 is 0 Å². The Hall–Kier alpha value is -0.750. The Morgan fingerprint density at radius 3 is 3.00 bits per heavy atom. The van der Waals surface area contributed by atoms with Gasteiger partial charge in [-0.05, 0) is 19.1 Å². The van der Waals surface area contributed by atoms with E-state index in [0.29, 0.717) is 12.6 Å². The fourth-order valence-electron chi connectivity index (χ4n) is 2.81. The Morgan fingerprint density at radius 2 is 2.19 bits per heavy atom. The number of fused-ring (bicyclic) bond motifs is 1. The summed E-state index contributed by atoms with van der Waals surface area (Å²) in [5, 5.41) is 3.36. The minimum absolute atomic E-state index is 0. The molecule has 3 rings (SSSR count). The predicted molar refractivity (Wildman–Crippen MR) is 90.7 cm³/mol. The summed E-state index contributed by atoms with van der Waals surface area (Å²) in [4.78, 5) is 18.1. The highest BCUT2D eigenvalue weighted by molar-refractivity contribution is 7.99. The summed E-state index contributed by atoms with van der Waals surface area (Å²) in [5.74, 6) is 1.21. The summed E-state index contributed by atoms with van der Waals surface area (Å²) in [7, 11) is 0. The number of anilines is 1. The Balaban J connectivity index is 0.00000161. The average molecular weight is 328 g/mol. The van der Waals surface area contributed by atoms with Gasteiger partial charge in [0.15, 0.2) is 0 Å². The molecule has 0 spiro atoms. The van der Waals surface area contributed by atoms with Gasteiger partial charge in [-0.25, -0.2) is 0 Å². The molecule has 2 heterocycles. The molecular formula is C15H22ClN3OS. The molecule has 116 valence electrons. The second-order valence-electron chi connectivity index (χ2n) is 5.39. The topological polar surface area (TPSA) is 35.6 Å². The van der Waals surface area contributed by atoms with Gasteiger partial charge in [0, 0.05) is 42.9 Å². The molecular weight excluding hydrogens is 306 g/mol. The van der Waals surface area contributed by atoms with E-state index in [-0.39, 0.29) is 18.3 Å². The Labute approximate surface area is 136 Å². The maximum atomic E-state index is 12.6. The first-order chi connectivity index (χ1) is 9.75. The van der Waals surface area contributed by atoms with Crippen molar-refractivity contribution in [3.05, 3.63) is 24.3 Å². The van der Waals surface area contributed by atoms with Crippen LogP contribution in [0.1, 0.15) is 6.92 Å². The molecule has 1 saturated heterocycles. The van der Waals surface area contributed by atoms with Crippen molar-refractivity contribution in [3.8, 4) is 0 Å². The zero-order chi connectivity index (χ0) is 13.9. The molecule has 0 bridgehead atoms. The van der Waals surface area contributed by atoms with Crippen LogP contribution in [-0.4, -0.2) is 55.3 Å². The van der Waals surface area contributed by atoms with E-state index in [9.17, 15) is 4.79 Å². The molecule has 1 fully saturated rings. The van der Waals surface area contributed by atoms with Gasteiger partial charge in [0.2, 0.25) is 5.91 Å². The molecule has 4 nitrogen and oxygen atoms in total.